The summed E-state index contributed by atoms with van der Waals surface area (Å²) < 4.78 is 23.8. The Labute approximate surface area is 215 Å². The third-order valence-electron chi connectivity index (χ3n) is 5.70. The highest BCUT2D eigenvalue weighted by atomic mass is 16.5. The van der Waals surface area contributed by atoms with Crippen LogP contribution in [0.3, 0.4) is 0 Å². The number of rotatable bonds is 11. The second-order valence-corrected chi connectivity index (χ2v) is 8.72. The number of amides is 1. The van der Waals surface area contributed by atoms with Gasteiger partial charge in [-0.1, -0.05) is 26.0 Å². The highest BCUT2D eigenvalue weighted by Gasteiger charge is 2.14. The minimum Gasteiger partial charge on any atom is -0.493 e. The van der Waals surface area contributed by atoms with Crippen molar-refractivity contribution in [2.24, 2.45) is 0 Å². The lowest BCUT2D eigenvalue weighted by Gasteiger charge is -2.15. The molecule has 0 aliphatic heterocycles. The molecule has 0 atom stereocenters. The average Bonchev–Trinajstić information content (AvgIpc) is 3.32. The summed E-state index contributed by atoms with van der Waals surface area (Å²) in [7, 11) is 3.15. The van der Waals surface area contributed by atoms with Crippen molar-refractivity contribution in [2.45, 2.75) is 26.7 Å². The number of benzene rings is 2. The lowest BCUT2D eigenvalue weighted by molar-refractivity contribution is -0.123. The first kappa shape index (κ1) is 25.7. The normalized spacial score (nSPS) is 11.0. The molecule has 0 aliphatic carbocycles. The molecule has 37 heavy (non-hydrogen) atoms. The van der Waals surface area contributed by atoms with Gasteiger partial charge in [-0.25, -0.2) is 0 Å². The van der Waals surface area contributed by atoms with Gasteiger partial charge in [0.2, 0.25) is 5.88 Å². The van der Waals surface area contributed by atoms with E-state index in [0.717, 1.165) is 22.4 Å². The van der Waals surface area contributed by atoms with E-state index < -0.39 is 0 Å². The van der Waals surface area contributed by atoms with E-state index in [1.165, 1.54) is 0 Å². The van der Waals surface area contributed by atoms with Crippen LogP contribution in [-0.4, -0.2) is 59.7 Å². The van der Waals surface area contributed by atoms with Crippen molar-refractivity contribution in [1.82, 2.24) is 25.1 Å². The highest BCUT2D eigenvalue weighted by Crippen LogP contribution is 2.32. The van der Waals surface area contributed by atoms with Gasteiger partial charge in [-0.05, 0) is 54.3 Å². The molecule has 4 rings (SSSR count). The molecule has 0 spiro atoms. The number of fused-ring (bicyclic) bond motifs is 1. The van der Waals surface area contributed by atoms with Gasteiger partial charge in [-0.3, -0.25) is 4.79 Å². The highest BCUT2D eigenvalue weighted by molar-refractivity contribution is 5.77. The summed E-state index contributed by atoms with van der Waals surface area (Å²) in [6.07, 6.45) is 0. The van der Waals surface area contributed by atoms with Crippen LogP contribution in [-0.2, 0) is 4.79 Å². The van der Waals surface area contributed by atoms with E-state index in [-0.39, 0.29) is 19.1 Å². The van der Waals surface area contributed by atoms with Gasteiger partial charge in [0.25, 0.3) is 5.91 Å². The van der Waals surface area contributed by atoms with Gasteiger partial charge in [0.15, 0.2) is 29.6 Å². The van der Waals surface area contributed by atoms with E-state index in [1.807, 2.05) is 37.3 Å². The van der Waals surface area contributed by atoms with E-state index >= 15 is 0 Å². The van der Waals surface area contributed by atoms with Crippen LogP contribution in [0.25, 0.3) is 17.0 Å². The van der Waals surface area contributed by atoms with Crippen molar-refractivity contribution in [3.8, 4) is 34.5 Å². The molecule has 2 aromatic heterocycles. The van der Waals surface area contributed by atoms with Crippen LogP contribution in [0.4, 0.5) is 0 Å². The fraction of sp³-hybridized carbons (Fsp3) is 0.333. The van der Waals surface area contributed by atoms with Crippen LogP contribution >= 0.6 is 0 Å². The zero-order chi connectivity index (χ0) is 26.4. The number of nitrogens with one attached hydrogen (secondary N) is 1. The van der Waals surface area contributed by atoms with Gasteiger partial charge in [-0.15, -0.1) is 15.3 Å². The van der Waals surface area contributed by atoms with Gasteiger partial charge >= 0.3 is 0 Å². The predicted octanol–water partition coefficient (Wildman–Crippen LogP) is 3.81. The fourth-order valence-corrected chi connectivity index (χ4v) is 3.79. The molecule has 0 radical (unpaired) electrons. The molecule has 10 nitrogen and oxygen atoms in total. The molecule has 2 aromatic carbocycles. The van der Waals surface area contributed by atoms with Gasteiger partial charge in [0.1, 0.15) is 12.4 Å². The lowest BCUT2D eigenvalue weighted by Crippen LogP contribution is -2.32. The standard InChI is InChI=1S/C27H31N5O5/c1-17(2)20-8-6-18(3)14-22(20)37-16-25(33)28-12-13-36-26-11-10-24-29-30-27(32(24)31-26)19-7-9-21(34-4)23(15-19)35-5/h6-11,14-15,17H,12-13,16H2,1-5H3,(H,28,33). The maximum Gasteiger partial charge on any atom is 0.258 e. The second-order valence-electron chi connectivity index (χ2n) is 8.72. The van der Waals surface area contributed by atoms with Gasteiger partial charge in [0.05, 0.1) is 20.8 Å². The van der Waals surface area contributed by atoms with Gasteiger partial charge in [0, 0.05) is 11.6 Å². The van der Waals surface area contributed by atoms with Crippen LogP contribution < -0.4 is 24.3 Å². The van der Waals surface area contributed by atoms with E-state index in [4.69, 9.17) is 18.9 Å². The topological polar surface area (TPSA) is 109 Å². The van der Waals surface area contributed by atoms with Crippen LogP contribution in [0.2, 0.25) is 0 Å². The molecule has 1 N–H and O–H groups in total. The largest absolute Gasteiger partial charge is 0.493 e. The minimum absolute atomic E-state index is 0.0667. The van der Waals surface area contributed by atoms with Crippen molar-refractivity contribution in [3.63, 3.8) is 0 Å². The molecule has 0 saturated heterocycles. The summed E-state index contributed by atoms with van der Waals surface area (Å²) in [6.45, 7) is 6.66. The first-order valence-electron chi connectivity index (χ1n) is 12.0. The fourth-order valence-electron chi connectivity index (χ4n) is 3.79. The monoisotopic (exact) mass is 505 g/mol. The Hall–Kier alpha value is -4.34. The Morgan fingerprint density at radius 3 is 2.51 bits per heavy atom. The third kappa shape index (κ3) is 6.08. The van der Waals surface area contributed by atoms with Crippen LogP contribution in [0.5, 0.6) is 23.1 Å². The van der Waals surface area contributed by atoms with Crippen molar-refractivity contribution in [2.75, 3.05) is 34.0 Å². The minimum atomic E-state index is -0.224. The molecular formula is C27H31N5O5. The first-order chi connectivity index (χ1) is 17.9. The SMILES string of the molecule is COc1ccc(-c2nnc3ccc(OCCNC(=O)COc4cc(C)ccc4C(C)C)nn23)cc1OC. The molecule has 0 unspecified atom stereocenters. The number of aromatic nitrogens is 4. The Morgan fingerprint density at radius 1 is 0.946 bits per heavy atom. The van der Waals surface area contributed by atoms with Crippen molar-refractivity contribution in [3.05, 3.63) is 59.7 Å². The zero-order valence-corrected chi connectivity index (χ0v) is 21.6. The predicted molar refractivity (Wildman–Crippen MR) is 139 cm³/mol. The average molecular weight is 506 g/mol. The van der Waals surface area contributed by atoms with Crippen LogP contribution in [0.1, 0.15) is 30.9 Å². The first-order valence-corrected chi connectivity index (χ1v) is 12.0. The molecule has 0 bridgehead atoms. The van der Waals surface area contributed by atoms with Crippen molar-refractivity contribution < 1.29 is 23.7 Å². The summed E-state index contributed by atoms with van der Waals surface area (Å²) in [5.41, 5.74) is 3.49. The summed E-state index contributed by atoms with van der Waals surface area (Å²) in [4.78, 5) is 12.3. The molecule has 10 heteroatoms. The number of nitrogens with zero attached hydrogens (tertiary/aromatic N) is 4. The Kier molecular flexibility index (Phi) is 8.07. The molecular weight excluding hydrogens is 474 g/mol. The number of hydrogen-bond acceptors (Lipinski definition) is 8. The van der Waals surface area contributed by atoms with Crippen molar-refractivity contribution >= 4 is 11.6 Å². The van der Waals surface area contributed by atoms with E-state index in [0.29, 0.717) is 41.3 Å². The van der Waals surface area contributed by atoms with E-state index in [1.54, 1.807) is 36.9 Å². The number of ether oxygens (including phenoxy) is 4. The molecule has 0 saturated carbocycles. The maximum atomic E-state index is 12.3. The number of carbonyl (C=O) groups is 1. The summed E-state index contributed by atoms with van der Waals surface area (Å²) >= 11 is 0. The molecule has 0 aliphatic rings. The Balaban J connectivity index is 1.33. The smallest absolute Gasteiger partial charge is 0.258 e. The third-order valence-corrected chi connectivity index (χ3v) is 5.70. The number of aryl methyl sites for hydroxylation is 1. The summed E-state index contributed by atoms with van der Waals surface area (Å²) in [5.74, 6) is 2.91. The van der Waals surface area contributed by atoms with E-state index in [9.17, 15) is 4.79 Å². The zero-order valence-electron chi connectivity index (χ0n) is 21.6. The second kappa shape index (κ2) is 11.6. The molecule has 4 aromatic rings. The molecule has 194 valence electrons. The number of methoxy groups -OCH3 is 2. The molecule has 0 fully saturated rings. The summed E-state index contributed by atoms with van der Waals surface area (Å²) in [5, 5.41) is 15.7. The van der Waals surface area contributed by atoms with Crippen molar-refractivity contribution in [1.29, 1.82) is 0 Å². The Morgan fingerprint density at radius 2 is 1.76 bits per heavy atom. The summed E-state index contributed by atoms with van der Waals surface area (Å²) in [6, 6.07) is 15.0. The van der Waals surface area contributed by atoms with Crippen LogP contribution in [0.15, 0.2) is 48.5 Å². The lowest BCUT2D eigenvalue weighted by atomic mass is 10.0. The van der Waals surface area contributed by atoms with Gasteiger partial charge in [-0.2, -0.15) is 4.52 Å². The molecule has 2 heterocycles. The Bertz CT molecular complexity index is 1390. The number of hydrogen-bond donors (Lipinski definition) is 1. The number of carbonyl (C=O) groups excluding carboxylic acids is 1. The van der Waals surface area contributed by atoms with Crippen LogP contribution in [0, 0.1) is 6.92 Å². The van der Waals surface area contributed by atoms with E-state index in [2.05, 4.69) is 34.5 Å². The molecule has 1 amide bonds. The van der Waals surface area contributed by atoms with Gasteiger partial charge < -0.3 is 24.3 Å². The quantitative estimate of drug-likeness (QED) is 0.307. The maximum absolute atomic E-state index is 12.3.